The highest BCUT2D eigenvalue weighted by molar-refractivity contribution is 6.30. The second-order valence-corrected chi connectivity index (χ2v) is 6.21. The fraction of sp³-hybridized carbons (Fsp3) is 0.471. The van der Waals surface area contributed by atoms with Crippen LogP contribution < -0.4 is 10.6 Å². The third-order valence-corrected chi connectivity index (χ3v) is 3.52. The van der Waals surface area contributed by atoms with Gasteiger partial charge >= 0.3 is 0 Å². The quantitative estimate of drug-likeness (QED) is 0.639. The van der Waals surface area contributed by atoms with Crippen molar-refractivity contribution in [2.75, 3.05) is 38.7 Å². The number of rotatable bonds is 9. The fourth-order valence-corrected chi connectivity index (χ4v) is 2.11. The number of nitrogens with zero attached hydrogens (tertiary/aromatic N) is 1. The van der Waals surface area contributed by atoms with Gasteiger partial charge < -0.3 is 20.3 Å². The van der Waals surface area contributed by atoms with E-state index < -0.39 is 11.3 Å². The Morgan fingerprint density at radius 2 is 1.84 bits per heavy atom. The van der Waals surface area contributed by atoms with Crippen LogP contribution in [0, 0.1) is 6.92 Å². The molecule has 1 atom stereocenters. The van der Waals surface area contributed by atoms with Gasteiger partial charge in [0, 0.05) is 19.3 Å². The highest BCUT2D eigenvalue weighted by Crippen LogP contribution is 2.08. The Labute approximate surface area is 152 Å². The van der Waals surface area contributed by atoms with Crippen molar-refractivity contribution in [1.82, 2.24) is 10.2 Å². The molecule has 2 N–H and O–H groups in total. The topological polar surface area (TPSA) is 87.7 Å². The molecular formula is C17H24ClN3O4. The summed E-state index contributed by atoms with van der Waals surface area (Å²) < 4.78 is 4.92. The predicted molar refractivity (Wildman–Crippen MR) is 96.6 cm³/mol. The van der Waals surface area contributed by atoms with E-state index in [0.29, 0.717) is 5.69 Å². The smallest absolute Gasteiger partial charge is 0.243 e. The molecule has 0 bridgehead atoms. The Morgan fingerprint density at radius 3 is 2.40 bits per heavy atom. The van der Waals surface area contributed by atoms with Crippen molar-refractivity contribution in [2.45, 2.75) is 19.2 Å². The number of nitrogens with one attached hydrogen (secondary N) is 2. The van der Waals surface area contributed by atoms with Gasteiger partial charge in [0.05, 0.1) is 19.7 Å². The number of hydrogen-bond donors (Lipinski definition) is 2. The molecular weight excluding hydrogens is 346 g/mol. The first-order chi connectivity index (χ1) is 11.8. The highest BCUT2D eigenvalue weighted by atomic mass is 35.5. The molecule has 0 heterocycles. The summed E-state index contributed by atoms with van der Waals surface area (Å²) in [5, 5.41) is 4.42. The molecule has 0 saturated heterocycles. The third-order valence-electron chi connectivity index (χ3n) is 3.33. The lowest BCUT2D eigenvalue weighted by atomic mass is 10.2. The first kappa shape index (κ1) is 20.9. The molecule has 1 aromatic rings. The van der Waals surface area contributed by atoms with Crippen molar-refractivity contribution >= 4 is 35.0 Å². The van der Waals surface area contributed by atoms with E-state index in [1.165, 1.54) is 18.9 Å². The summed E-state index contributed by atoms with van der Waals surface area (Å²) in [5.74, 6) is -1.16. The van der Waals surface area contributed by atoms with Gasteiger partial charge in [0.2, 0.25) is 17.7 Å². The first-order valence-corrected chi connectivity index (χ1v) is 8.32. The first-order valence-electron chi connectivity index (χ1n) is 7.88. The van der Waals surface area contributed by atoms with Gasteiger partial charge in [0.25, 0.3) is 0 Å². The van der Waals surface area contributed by atoms with E-state index in [9.17, 15) is 14.4 Å². The zero-order valence-electron chi connectivity index (χ0n) is 14.7. The van der Waals surface area contributed by atoms with E-state index in [1.54, 1.807) is 12.1 Å². The Bertz CT molecular complexity index is 590. The van der Waals surface area contributed by atoms with Crippen LogP contribution in [0.4, 0.5) is 5.69 Å². The summed E-state index contributed by atoms with van der Waals surface area (Å²) >= 11 is 5.79. The minimum absolute atomic E-state index is 0.183. The Balaban J connectivity index is 2.46. The van der Waals surface area contributed by atoms with Crippen LogP contribution in [0.15, 0.2) is 24.3 Å². The molecule has 0 aliphatic rings. The van der Waals surface area contributed by atoms with Crippen LogP contribution in [0.5, 0.6) is 0 Å². The van der Waals surface area contributed by atoms with E-state index in [-0.39, 0.29) is 38.1 Å². The van der Waals surface area contributed by atoms with E-state index in [2.05, 4.69) is 10.6 Å². The average Bonchev–Trinajstić information content (AvgIpc) is 2.58. The molecule has 1 unspecified atom stereocenters. The van der Waals surface area contributed by atoms with E-state index >= 15 is 0 Å². The lowest BCUT2D eigenvalue weighted by Crippen LogP contribution is -2.46. The van der Waals surface area contributed by atoms with Gasteiger partial charge in [-0.1, -0.05) is 17.7 Å². The van der Waals surface area contributed by atoms with Gasteiger partial charge in [-0.25, -0.2) is 0 Å². The van der Waals surface area contributed by atoms with Crippen molar-refractivity contribution in [1.29, 1.82) is 0 Å². The lowest BCUT2D eigenvalue weighted by Gasteiger charge is -2.22. The number of ether oxygens (including phenoxy) is 1. The Morgan fingerprint density at radius 1 is 1.20 bits per heavy atom. The number of amides is 3. The van der Waals surface area contributed by atoms with Crippen LogP contribution in [0.25, 0.3) is 0 Å². The number of carbonyl (C=O) groups excluding carboxylic acids is 3. The molecule has 1 rings (SSSR count). The molecule has 1 aromatic carbocycles. The van der Waals surface area contributed by atoms with E-state index in [4.69, 9.17) is 16.3 Å². The van der Waals surface area contributed by atoms with Crippen LogP contribution in [-0.4, -0.2) is 61.3 Å². The molecule has 8 heteroatoms. The molecule has 0 saturated carbocycles. The van der Waals surface area contributed by atoms with Gasteiger partial charge in [-0.2, -0.15) is 0 Å². The number of hydrogen-bond acceptors (Lipinski definition) is 4. The number of halogens is 1. The van der Waals surface area contributed by atoms with Crippen molar-refractivity contribution in [2.24, 2.45) is 0 Å². The van der Waals surface area contributed by atoms with Crippen LogP contribution in [0.3, 0.4) is 0 Å². The standard InChI is InChI=1S/C17H24ClN3O4/c1-12-4-6-14(7-5-12)20-15(22)10-19-16(23)11-21(8-9-25-3)17(24)13(2)18/h4-7,13H,8-11H2,1-3H3,(H,19,23)(H,20,22). The Kier molecular flexibility index (Phi) is 8.94. The van der Waals surface area contributed by atoms with Gasteiger partial charge in [0.1, 0.15) is 5.38 Å². The fourth-order valence-electron chi connectivity index (χ4n) is 1.97. The zero-order chi connectivity index (χ0) is 18.8. The number of alkyl halides is 1. The SMILES string of the molecule is COCCN(CC(=O)NCC(=O)Nc1ccc(C)cc1)C(=O)C(C)Cl. The largest absolute Gasteiger partial charge is 0.383 e. The van der Waals surface area contributed by atoms with Crippen molar-refractivity contribution in [3.8, 4) is 0 Å². The lowest BCUT2D eigenvalue weighted by molar-refractivity contribution is -0.136. The second-order valence-electron chi connectivity index (χ2n) is 5.56. The zero-order valence-corrected chi connectivity index (χ0v) is 15.4. The van der Waals surface area contributed by atoms with Gasteiger partial charge in [-0.3, -0.25) is 14.4 Å². The molecule has 0 aliphatic heterocycles. The summed E-state index contributed by atoms with van der Waals surface area (Å²) in [4.78, 5) is 37.1. The molecule has 138 valence electrons. The molecule has 3 amide bonds. The minimum Gasteiger partial charge on any atom is -0.383 e. The monoisotopic (exact) mass is 369 g/mol. The van der Waals surface area contributed by atoms with Crippen molar-refractivity contribution in [3.05, 3.63) is 29.8 Å². The van der Waals surface area contributed by atoms with Crippen LogP contribution in [-0.2, 0) is 19.1 Å². The predicted octanol–water partition coefficient (Wildman–Crippen LogP) is 1.15. The molecule has 25 heavy (non-hydrogen) atoms. The number of anilines is 1. The average molecular weight is 370 g/mol. The third kappa shape index (κ3) is 8.00. The van der Waals surface area contributed by atoms with E-state index in [1.807, 2.05) is 19.1 Å². The summed E-state index contributed by atoms with van der Waals surface area (Å²) in [5.41, 5.74) is 1.73. The molecule has 0 aliphatic carbocycles. The van der Waals surface area contributed by atoms with Crippen LogP contribution >= 0.6 is 11.6 Å². The molecule has 0 aromatic heterocycles. The van der Waals surface area contributed by atoms with Crippen molar-refractivity contribution < 1.29 is 19.1 Å². The van der Waals surface area contributed by atoms with Gasteiger partial charge in [-0.15, -0.1) is 11.6 Å². The molecule has 0 fully saturated rings. The van der Waals surface area contributed by atoms with Gasteiger partial charge in [-0.05, 0) is 26.0 Å². The number of benzene rings is 1. The maximum Gasteiger partial charge on any atom is 0.243 e. The summed E-state index contributed by atoms with van der Waals surface area (Å²) in [6.07, 6.45) is 0. The molecule has 0 spiro atoms. The second kappa shape index (κ2) is 10.7. The minimum atomic E-state index is -0.741. The Hall–Kier alpha value is -2.12. The normalized spacial score (nSPS) is 11.5. The molecule has 0 radical (unpaired) electrons. The number of aryl methyl sites for hydroxylation is 1. The summed E-state index contributed by atoms with van der Waals surface area (Å²) in [6, 6.07) is 7.31. The molecule has 7 nitrogen and oxygen atoms in total. The maximum atomic E-state index is 12.0. The van der Waals surface area contributed by atoms with Crippen LogP contribution in [0.1, 0.15) is 12.5 Å². The van der Waals surface area contributed by atoms with Gasteiger partial charge in [0.15, 0.2) is 0 Å². The van der Waals surface area contributed by atoms with Crippen LogP contribution in [0.2, 0.25) is 0 Å². The summed E-state index contributed by atoms with van der Waals surface area (Å²) in [7, 11) is 1.50. The number of methoxy groups -OCH3 is 1. The summed E-state index contributed by atoms with van der Waals surface area (Å²) in [6.45, 7) is 3.65. The number of carbonyl (C=O) groups is 3. The highest BCUT2D eigenvalue weighted by Gasteiger charge is 2.21. The van der Waals surface area contributed by atoms with E-state index in [0.717, 1.165) is 5.56 Å². The van der Waals surface area contributed by atoms with Crippen molar-refractivity contribution in [3.63, 3.8) is 0 Å². The maximum absolute atomic E-state index is 12.0.